The van der Waals surface area contributed by atoms with Crippen LogP contribution < -0.4 is 0 Å². The van der Waals surface area contributed by atoms with Crippen molar-refractivity contribution in [1.29, 1.82) is 0 Å². The van der Waals surface area contributed by atoms with Crippen molar-refractivity contribution in [3.05, 3.63) is 22.2 Å². The summed E-state index contributed by atoms with van der Waals surface area (Å²) in [6, 6.07) is 0. The first-order chi connectivity index (χ1) is 9.15. The van der Waals surface area contributed by atoms with Crippen molar-refractivity contribution in [2.24, 2.45) is 0 Å². The lowest BCUT2D eigenvalue weighted by atomic mass is 10.2. The molecule has 0 aliphatic rings. The van der Waals surface area contributed by atoms with E-state index >= 15 is 0 Å². The molecule has 1 atom stereocenters. The lowest BCUT2D eigenvalue weighted by molar-refractivity contribution is -0.108. The molecule has 0 fully saturated rings. The molecule has 5 heteroatoms. The molecule has 0 N–H and O–H groups in total. The number of aromatic nitrogens is 1. The van der Waals surface area contributed by atoms with Crippen molar-refractivity contribution in [2.75, 3.05) is 0 Å². The smallest absolute Gasteiger partial charge is 0.192 e. The molecule has 0 aromatic carbocycles. The van der Waals surface area contributed by atoms with E-state index in [1.807, 2.05) is 24.5 Å². The quantitative estimate of drug-likeness (QED) is 0.576. The lowest BCUT2D eigenvalue weighted by Crippen LogP contribution is -2.43. The Balaban J connectivity index is 2.79. The molecule has 112 valence electrons. The van der Waals surface area contributed by atoms with E-state index in [2.05, 4.69) is 38.8 Å². The van der Waals surface area contributed by atoms with Gasteiger partial charge in [-0.05, 0) is 31.1 Å². The van der Waals surface area contributed by atoms with Gasteiger partial charge in [0.1, 0.15) is 6.29 Å². The maximum atomic E-state index is 10.9. The minimum Gasteiger partial charge on any atom is -0.410 e. The fourth-order valence-corrected chi connectivity index (χ4v) is 3.34. The molecule has 0 bridgehead atoms. The Bertz CT molecular complexity index is 474. The van der Waals surface area contributed by atoms with E-state index in [0.717, 1.165) is 17.0 Å². The summed E-state index contributed by atoms with van der Waals surface area (Å²) in [4.78, 5) is 15.2. The van der Waals surface area contributed by atoms with E-state index in [1.54, 1.807) is 11.3 Å². The Morgan fingerprint density at radius 3 is 2.55 bits per heavy atom. The zero-order valence-corrected chi connectivity index (χ0v) is 15.1. The third-order valence-electron chi connectivity index (χ3n) is 3.70. The van der Waals surface area contributed by atoms with E-state index in [1.165, 1.54) is 0 Å². The van der Waals surface area contributed by atoms with Crippen LogP contribution in [-0.2, 0) is 9.22 Å². The predicted octanol–water partition coefficient (Wildman–Crippen LogP) is 4.44. The van der Waals surface area contributed by atoms with Gasteiger partial charge in [0.25, 0.3) is 0 Å². The van der Waals surface area contributed by atoms with Crippen LogP contribution in [0.15, 0.2) is 11.5 Å². The standard InChI is InChI=1S/C15H25NO2SSi/c1-12-16-13(11-19-12)7-8-14(9-10-17)18-20(5,6)15(2,3)4/h7-8,10-11,14H,9H2,1-6H3/b8-7+/t14-/m1/s1. The summed E-state index contributed by atoms with van der Waals surface area (Å²) in [5, 5.41) is 3.19. The van der Waals surface area contributed by atoms with Gasteiger partial charge in [-0.1, -0.05) is 26.8 Å². The average Bonchev–Trinajstić information content (AvgIpc) is 2.70. The van der Waals surface area contributed by atoms with Gasteiger partial charge < -0.3 is 9.22 Å². The fourth-order valence-electron chi connectivity index (χ4n) is 1.48. The van der Waals surface area contributed by atoms with Gasteiger partial charge >= 0.3 is 0 Å². The van der Waals surface area contributed by atoms with Crippen LogP contribution in [0.3, 0.4) is 0 Å². The summed E-state index contributed by atoms with van der Waals surface area (Å²) >= 11 is 1.62. The summed E-state index contributed by atoms with van der Waals surface area (Å²) in [5.74, 6) is 0. The topological polar surface area (TPSA) is 39.2 Å². The molecule has 1 aromatic rings. The van der Waals surface area contributed by atoms with Crippen molar-refractivity contribution in [3.8, 4) is 0 Å². The summed E-state index contributed by atoms with van der Waals surface area (Å²) in [7, 11) is -1.87. The van der Waals surface area contributed by atoms with Crippen LogP contribution in [0.1, 0.15) is 37.9 Å². The Labute approximate surface area is 127 Å². The van der Waals surface area contributed by atoms with Crippen molar-refractivity contribution in [3.63, 3.8) is 0 Å². The lowest BCUT2D eigenvalue weighted by Gasteiger charge is -2.38. The number of hydrogen-bond acceptors (Lipinski definition) is 4. The van der Waals surface area contributed by atoms with Crippen LogP contribution in [0, 0.1) is 6.92 Å². The summed E-state index contributed by atoms with van der Waals surface area (Å²) < 4.78 is 6.27. The maximum absolute atomic E-state index is 10.9. The Morgan fingerprint density at radius 1 is 1.45 bits per heavy atom. The van der Waals surface area contributed by atoms with Gasteiger partial charge in [0.05, 0.1) is 16.8 Å². The number of aldehydes is 1. The zero-order chi connectivity index (χ0) is 15.4. The van der Waals surface area contributed by atoms with Crippen molar-refractivity contribution >= 4 is 32.0 Å². The number of carbonyl (C=O) groups excluding carboxylic acids is 1. The van der Waals surface area contributed by atoms with E-state index < -0.39 is 8.32 Å². The number of hydrogen-bond donors (Lipinski definition) is 0. The van der Waals surface area contributed by atoms with Crippen LogP contribution in [0.25, 0.3) is 6.08 Å². The fraction of sp³-hybridized carbons (Fsp3) is 0.600. The minimum absolute atomic E-state index is 0.138. The molecule has 0 aliphatic heterocycles. The maximum Gasteiger partial charge on any atom is 0.192 e. The van der Waals surface area contributed by atoms with E-state index in [-0.39, 0.29) is 11.1 Å². The molecule has 1 rings (SSSR count). The molecule has 0 spiro atoms. The van der Waals surface area contributed by atoms with Gasteiger partial charge in [-0.3, -0.25) is 0 Å². The van der Waals surface area contributed by atoms with Gasteiger partial charge in [-0.25, -0.2) is 4.98 Å². The van der Waals surface area contributed by atoms with E-state index in [4.69, 9.17) is 4.43 Å². The van der Waals surface area contributed by atoms with Gasteiger partial charge in [0, 0.05) is 11.8 Å². The van der Waals surface area contributed by atoms with Gasteiger partial charge in [0.2, 0.25) is 0 Å². The third-order valence-corrected chi connectivity index (χ3v) is 9.00. The van der Waals surface area contributed by atoms with Gasteiger partial charge in [-0.15, -0.1) is 11.3 Å². The highest BCUT2D eigenvalue weighted by Crippen LogP contribution is 2.37. The van der Waals surface area contributed by atoms with Crippen LogP contribution >= 0.6 is 11.3 Å². The van der Waals surface area contributed by atoms with Crippen LogP contribution in [0.4, 0.5) is 0 Å². The minimum atomic E-state index is -1.87. The second kappa shape index (κ2) is 6.78. The number of carbonyl (C=O) groups is 1. The molecule has 0 saturated heterocycles. The molecule has 1 heterocycles. The first kappa shape index (κ1) is 17.3. The molecule has 0 unspecified atom stereocenters. The van der Waals surface area contributed by atoms with Crippen molar-refractivity contribution in [1.82, 2.24) is 4.98 Å². The van der Waals surface area contributed by atoms with Crippen molar-refractivity contribution < 1.29 is 9.22 Å². The highest BCUT2D eigenvalue weighted by Gasteiger charge is 2.38. The van der Waals surface area contributed by atoms with Crippen LogP contribution in [0.2, 0.25) is 18.1 Å². The Morgan fingerprint density at radius 2 is 2.10 bits per heavy atom. The van der Waals surface area contributed by atoms with Crippen LogP contribution in [0.5, 0.6) is 0 Å². The zero-order valence-electron chi connectivity index (χ0n) is 13.3. The normalized spacial score (nSPS) is 14.7. The highest BCUT2D eigenvalue weighted by atomic mass is 32.1. The summed E-state index contributed by atoms with van der Waals surface area (Å²) in [5.41, 5.74) is 0.933. The Hall–Kier alpha value is -0.783. The van der Waals surface area contributed by atoms with Crippen molar-refractivity contribution in [2.45, 2.75) is 58.4 Å². The molecule has 0 radical (unpaired) electrons. The second-order valence-corrected chi connectivity index (χ2v) is 12.3. The molecular weight excluding hydrogens is 286 g/mol. The van der Waals surface area contributed by atoms with E-state index in [9.17, 15) is 4.79 Å². The number of thiazole rings is 1. The molecule has 3 nitrogen and oxygen atoms in total. The average molecular weight is 312 g/mol. The highest BCUT2D eigenvalue weighted by molar-refractivity contribution is 7.09. The first-order valence-corrected chi connectivity index (χ1v) is 10.7. The number of aryl methyl sites for hydroxylation is 1. The number of nitrogens with zero attached hydrogens (tertiary/aromatic N) is 1. The van der Waals surface area contributed by atoms with Gasteiger partial charge in [0.15, 0.2) is 8.32 Å². The first-order valence-electron chi connectivity index (χ1n) is 6.87. The molecule has 0 saturated carbocycles. The Kier molecular flexibility index (Phi) is 5.86. The summed E-state index contributed by atoms with van der Waals surface area (Å²) in [6.45, 7) is 13.0. The van der Waals surface area contributed by atoms with Crippen LogP contribution in [-0.4, -0.2) is 25.7 Å². The SMILES string of the molecule is Cc1nc(/C=C/[C@H](CC=O)O[Si](C)(C)C(C)(C)C)cs1. The largest absolute Gasteiger partial charge is 0.410 e. The third kappa shape index (κ3) is 4.96. The molecular formula is C15H25NO2SSi. The molecule has 20 heavy (non-hydrogen) atoms. The molecule has 1 aromatic heterocycles. The molecule has 0 aliphatic carbocycles. The summed E-state index contributed by atoms with van der Waals surface area (Å²) in [6.07, 6.45) is 5.07. The van der Waals surface area contributed by atoms with Gasteiger partial charge in [-0.2, -0.15) is 0 Å². The van der Waals surface area contributed by atoms with E-state index in [0.29, 0.717) is 6.42 Å². The second-order valence-electron chi connectivity index (χ2n) is 6.47. The predicted molar refractivity (Wildman–Crippen MR) is 88.6 cm³/mol. The molecule has 0 amide bonds. The number of rotatable bonds is 6. The monoisotopic (exact) mass is 311 g/mol.